The number of aliphatic hydroxyl groups is 1. The SMILES string of the molecule is CC(C)CNCC(O)CN(C)Cc1ccccc1F. The van der Waals surface area contributed by atoms with Gasteiger partial charge >= 0.3 is 0 Å². The Morgan fingerprint density at radius 1 is 1.26 bits per heavy atom. The monoisotopic (exact) mass is 268 g/mol. The van der Waals surface area contributed by atoms with Gasteiger partial charge in [0.1, 0.15) is 5.82 Å². The second-order valence-corrected chi connectivity index (χ2v) is 5.49. The molecule has 0 fully saturated rings. The van der Waals surface area contributed by atoms with E-state index in [-0.39, 0.29) is 5.82 Å². The maximum Gasteiger partial charge on any atom is 0.127 e. The summed E-state index contributed by atoms with van der Waals surface area (Å²) < 4.78 is 13.5. The number of halogens is 1. The van der Waals surface area contributed by atoms with Crippen LogP contribution in [0.4, 0.5) is 4.39 Å². The van der Waals surface area contributed by atoms with Gasteiger partial charge in [0.25, 0.3) is 0 Å². The molecule has 0 aliphatic rings. The third-order valence-corrected chi connectivity index (χ3v) is 2.85. The fourth-order valence-corrected chi connectivity index (χ4v) is 1.94. The molecular weight excluding hydrogens is 243 g/mol. The van der Waals surface area contributed by atoms with Crippen LogP contribution in [0.3, 0.4) is 0 Å². The number of nitrogens with zero attached hydrogens (tertiary/aromatic N) is 1. The van der Waals surface area contributed by atoms with Crippen molar-refractivity contribution in [2.24, 2.45) is 5.92 Å². The lowest BCUT2D eigenvalue weighted by Gasteiger charge is -2.21. The van der Waals surface area contributed by atoms with Crippen molar-refractivity contribution in [3.8, 4) is 0 Å². The Morgan fingerprint density at radius 3 is 2.58 bits per heavy atom. The lowest BCUT2D eigenvalue weighted by molar-refractivity contribution is 0.120. The van der Waals surface area contributed by atoms with E-state index < -0.39 is 6.10 Å². The number of rotatable bonds is 8. The Labute approximate surface area is 115 Å². The number of aliphatic hydroxyl groups excluding tert-OH is 1. The lowest BCUT2D eigenvalue weighted by atomic mass is 10.2. The molecule has 108 valence electrons. The van der Waals surface area contributed by atoms with Crippen molar-refractivity contribution in [1.29, 1.82) is 0 Å². The van der Waals surface area contributed by atoms with Crippen molar-refractivity contribution >= 4 is 0 Å². The van der Waals surface area contributed by atoms with Crippen LogP contribution < -0.4 is 5.32 Å². The first kappa shape index (κ1) is 16.1. The van der Waals surface area contributed by atoms with Crippen LogP contribution in [-0.2, 0) is 6.54 Å². The molecule has 0 radical (unpaired) electrons. The van der Waals surface area contributed by atoms with Gasteiger partial charge in [-0.3, -0.25) is 4.90 Å². The zero-order chi connectivity index (χ0) is 14.3. The van der Waals surface area contributed by atoms with Crippen molar-refractivity contribution in [2.75, 3.05) is 26.7 Å². The largest absolute Gasteiger partial charge is 0.390 e. The summed E-state index contributed by atoms with van der Waals surface area (Å²) in [6.07, 6.45) is -0.435. The Hall–Kier alpha value is -0.970. The molecule has 1 atom stereocenters. The molecule has 19 heavy (non-hydrogen) atoms. The van der Waals surface area contributed by atoms with Gasteiger partial charge in [-0.05, 0) is 25.6 Å². The number of benzene rings is 1. The van der Waals surface area contributed by atoms with E-state index in [1.165, 1.54) is 6.07 Å². The first-order valence-corrected chi connectivity index (χ1v) is 6.79. The van der Waals surface area contributed by atoms with Crippen LogP contribution in [0, 0.1) is 11.7 Å². The first-order chi connectivity index (χ1) is 8.99. The molecule has 1 aromatic carbocycles. The van der Waals surface area contributed by atoms with Crippen molar-refractivity contribution in [3.63, 3.8) is 0 Å². The summed E-state index contributed by atoms with van der Waals surface area (Å²) in [4.78, 5) is 1.93. The molecule has 0 amide bonds. The summed E-state index contributed by atoms with van der Waals surface area (Å²) in [6, 6.07) is 6.75. The summed E-state index contributed by atoms with van der Waals surface area (Å²) in [5.74, 6) is 0.380. The predicted octanol–water partition coefficient (Wildman–Crippen LogP) is 1.86. The zero-order valence-electron chi connectivity index (χ0n) is 12.1. The van der Waals surface area contributed by atoms with Gasteiger partial charge in [0.2, 0.25) is 0 Å². The molecule has 1 aromatic rings. The van der Waals surface area contributed by atoms with E-state index in [1.54, 1.807) is 12.1 Å². The highest BCUT2D eigenvalue weighted by Crippen LogP contribution is 2.08. The molecule has 0 aliphatic carbocycles. The molecule has 3 nitrogen and oxygen atoms in total. The number of nitrogens with one attached hydrogen (secondary N) is 1. The standard InChI is InChI=1S/C15H25FN2O/c1-12(2)8-17-9-14(19)11-18(3)10-13-6-4-5-7-15(13)16/h4-7,12,14,17,19H,8-11H2,1-3H3. The van der Waals surface area contributed by atoms with E-state index in [0.717, 1.165) is 6.54 Å². The molecule has 0 aliphatic heterocycles. The molecular formula is C15H25FN2O. The fourth-order valence-electron chi connectivity index (χ4n) is 1.94. The predicted molar refractivity (Wildman–Crippen MR) is 76.4 cm³/mol. The van der Waals surface area contributed by atoms with Crippen molar-refractivity contribution in [2.45, 2.75) is 26.5 Å². The summed E-state index contributed by atoms with van der Waals surface area (Å²) in [5.41, 5.74) is 0.660. The maximum atomic E-state index is 13.5. The van der Waals surface area contributed by atoms with Crippen LogP contribution in [0.5, 0.6) is 0 Å². The summed E-state index contributed by atoms with van der Waals surface area (Å²) in [5, 5.41) is 13.1. The summed E-state index contributed by atoms with van der Waals surface area (Å²) in [6.45, 7) is 6.76. The molecule has 0 spiro atoms. The average Bonchev–Trinajstić information content (AvgIpc) is 2.31. The van der Waals surface area contributed by atoms with Crippen molar-refractivity contribution in [1.82, 2.24) is 10.2 Å². The number of likely N-dealkylation sites (N-methyl/N-ethyl adjacent to an activating group) is 1. The summed E-state index contributed by atoms with van der Waals surface area (Å²) >= 11 is 0. The minimum atomic E-state index is -0.435. The van der Waals surface area contributed by atoms with Crippen molar-refractivity contribution < 1.29 is 9.50 Å². The van der Waals surface area contributed by atoms with Gasteiger partial charge in [-0.2, -0.15) is 0 Å². The molecule has 4 heteroatoms. The highest BCUT2D eigenvalue weighted by molar-refractivity contribution is 5.16. The van der Waals surface area contributed by atoms with Gasteiger partial charge in [0, 0.05) is 25.2 Å². The topological polar surface area (TPSA) is 35.5 Å². The molecule has 0 saturated carbocycles. The van der Waals surface area contributed by atoms with E-state index in [0.29, 0.717) is 31.1 Å². The summed E-state index contributed by atoms with van der Waals surface area (Å²) in [7, 11) is 1.89. The van der Waals surface area contributed by atoms with E-state index in [2.05, 4.69) is 19.2 Å². The minimum Gasteiger partial charge on any atom is -0.390 e. The third-order valence-electron chi connectivity index (χ3n) is 2.85. The lowest BCUT2D eigenvalue weighted by Crippen LogP contribution is -2.37. The van der Waals surface area contributed by atoms with Gasteiger partial charge in [-0.25, -0.2) is 4.39 Å². The van der Waals surface area contributed by atoms with Gasteiger partial charge < -0.3 is 10.4 Å². The molecule has 0 bridgehead atoms. The highest BCUT2D eigenvalue weighted by atomic mass is 19.1. The van der Waals surface area contributed by atoms with E-state index >= 15 is 0 Å². The second-order valence-electron chi connectivity index (χ2n) is 5.49. The molecule has 0 saturated heterocycles. The minimum absolute atomic E-state index is 0.193. The van der Waals surface area contributed by atoms with E-state index in [4.69, 9.17) is 0 Å². The highest BCUT2D eigenvalue weighted by Gasteiger charge is 2.10. The quantitative estimate of drug-likeness (QED) is 0.755. The molecule has 0 heterocycles. The molecule has 2 N–H and O–H groups in total. The van der Waals surface area contributed by atoms with Crippen LogP contribution in [0.15, 0.2) is 24.3 Å². The molecule has 1 rings (SSSR count). The maximum absolute atomic E-state index is 13.5. The van der Waals surface area contributed by atoms with Gasteiger partial charge in [0.05, 0.1) is 6.10 Å². The Bertz CT molecular complexity index is 371. The Morgan fingerprint density at radius 2 is 1.95 bits per heavy atom. The van der Waals surface area contributed by atoms with E-state index in [9.17, 15) is 9.50 Å². The van der Waals surface area contributed by atoms with Crippen LogP contribution in [0.2, 0.25) is 0 Å². The number of hydrogen-bond donors (Lipinski definition) is 2. The normalized spacial score (nSPS) is 13.2. The Kier molecular flexibility index (Phi) is 6.99. The zero-order valence-corrected chi connectivity index (χ0v) is 12.1. The van der Waals surface area contributed by atoms with Gasteiger partial charge in [0.15, 0.2) is 0 Å². The first-order valence-electron chi connectivity index (χ1n) is 6.79. The van der Waals surface area contributed by atoms with Gasteiger partial charge in [-0.1, -0.05) is 32.0 Å². The van der Waals surface area contributed by atoms with Crippen LogP contribution >= 0.6 is 0 Å². The number of hydrogen-bond acceptors (Lipinski definition) is 3. The average molecular weight is 268 g/mol. The van der Waals surface area contributed by atoms with Crippen LogP contribution in [-0.4, -0.2) is 42.8 Å². The van der Waals surface area contributed by atoms with Gasteiger partial charge in [-0.15, -0.1) is 0 Å². The smallest absolute Gasteiger partial charge is 0.127 e. The fraction of sp³-hybridized carbons (Fsp3) is 0.600. The van der Waals surface area contributed by atoms with Crippen molar-refractivity contribution in [3.05, 3.63) is 35.6 Å². The van der Waals surface area contributed by atoms with E-state index in [1.807, 2.05) is 18.0 Å². The molecule has 0 aromatic heterocycles. The Balaban J connectivity index is 2.30. The van der Waals surface area contributed by atoms with Crippen LogP contribution in [0.1, 0.15) is 19.4 Å². The second kappa shape index (κ2) is 8.25. The molecule has 1 unspecified atom stereocenters. The third kappa shape index (κ3) is 6.66. The van der Waals surface area contributed by atoms with Crippen LogP contribution in [0.25, 0.3) is 0 Å².